The molecule has 0 radical (unpaired) electrons. The summed E-state index contributed by atoms with van der Waals surface area (Å²) in [6.07, 6.45) is 0.793. The standard InChI is InChI=1S/C20H28N4O5S/c1-14-19(16(3)29-21-14)30(26,27)22-15(2)20(25)24-11-5-10-23(12-13-24)17-6-8-18(28-4)9-7-17/h6-9,15,22H,5,10-13H2,1-4H3/t15-/m0/s1. The second kappa shape index (κ2) is 9.05. The predicted octanol–water partition coefficient (Wildman–Crippen LogP) is 1.71. The van der Waals surface area contributed by atoms with Gasteiger partial charge in [-0.15, -0.1) is 0 Å². The number of hydrogen-bond donors (Lipinski definition) is 1. The van der Waals surface area contributed by atoms with Gasteiger partial charge in [-0.05, 0) is 51.5 Å². The fourth-order valence-electron chi connectivity index (χ4n) is 3.66. The summed E-state index contributed by atoms with van der Waals surface area (Å²) in [5, 5.41) is 3.68. The molecule has 1 aromatic heterocycles. The highest BCUT2D eigenvalue weighted by Crippen LogP contribution is 2.21. The number of carbonyl (C=O) groups is 1. The molecule has 1 atom stereocenters. The van der Waals surface area contributed by atoms with Crippen molar-refractivity contribution in [2.75, 3.05) is 38.2 Å². The van der Waals surface area contributed by atoms with Crippen molar-refractivity contribution in [3.8, 4) is 5.75 Å². The van der Waals surface area contributed by atoms with Crippen LogP contribution in [0.5, 0.6) is 5.75 Å². The summed E-state index contributed by atoms with van der Waals surface area (Å²) >= 11 is 0. The third kappa shape index (κ3) is 4.76. The average molecular weight is 437 g/mol. The van der Waals surface area contributed by atoms with E-state index >= 15 is 0 Å². The fourth-order valence-corrected chi connectivity index (χ4v) is 5.19. The minimum atomic E-state index is -3.91. The van der Waals surface area contributed by atoms with Gasteiger partial charge in [0.05, 0.1) is 13.2 Å². The van der Waals surface area contributed by atoms with E-state index in [0.29, 0.717) is 19.6 Å². The molecule has 1 aliphatic heterocycles. The molecular weight excluding hydrogens is 408 g/mol. The summed E-state index contributed by atoms with van der Waals surface area (Å²) in [5.41, 5.74) is 1.34. The highest BCUT2D eigenvalue weighted by Gasteiger charge is 2.30. The number of ether oxygens (including phenoxy) is 1. The minimum Gasteiger partial charge on any atom is -0.497 e. The fraction of sp³-hybridized carbons (Fsp3) is 0.500. The van der Waals surface area contributed by atoms with Crippen molar-refractivity contribution in [1.82, 2.24) is 14.8 Å². The van der Waals surface area contributed by atoms with Crippen molar-refractivity contribution in [2.24, 2.45) is 0 Å². The lowest BCUT2D eigenvalue weighted by Crippen LogP contribution is -2.48. The van der Waals surface area contributed by atoms with Crippen LogP contribution in [0.1, 0.15) is 24.8 Å². The second-order valence-corrected chi connectivity index (χ2v) is 9.01. The summed E-state index contributed by atoms with van der Waals surface area (Å²) in [6.45, 7) is 7.22. The largest absolute Gasteiger partial charge is 0.497 e. The summed E-state index contributed by atoms with van der Waals surface area (Å²) < 4.78 is 38.0. The van der Waals surface area contributed by atoms with Crippen LogP contribution in [0.3, 0.4) is 0 Å². The molecule has 0 bridgehead atoms. The number of amides is 1. The predicted molar refractivity (Wildman–Crippen MR) is 112 cm³/mol. The van der Waals surface area contributed by atoms with Gasteiger partial charge in [-0.3, -0.25) is 4.79 Å². The molecule has 1 aromatic carbocycles. The van der Waals surface area contributed by atoms with Crippen LogP contribution in [0, 0.1) is 13.8 Å². The maximum absolute atomic E-state index is 12.9. The molecule has 3 rings (SSSR count). The Morgan fingerprint density at radius 1 is 1.17 bits per heavy atom. The molecule has 0 saturated carbocycles. The second-order valence-electron chi connectivity index (χ2n) is 7.36. The summed E-state index contributed by atoms with van der Waals surface area (Å²) in [7, 11) is -2.28. The summed E-state index contributed by atoms with van der Waals surface area (Å²) in [4.78, 5) is 16.8. The van der Waals surface area contributed by atoms with Gasteiger partial charge in [-0.25, -0.2) is 8.42 Å². The van der Waals surface area contributed by atoms with Gasteiger partial charge in [-0.2, -0.15) is 4.72 Å². The lowest BCUT2D eigenvalue weighted by atomic mass is 10.2. The molecule has 1 amide bonds. The lowest BCUT2D eigenvalue weighted by molar-refractivity contribution is -0.132. The maximum atomic E-state index is 12.9. The summed E-state index contributed by atoms with van der Waals surface area (Å²) in [6, 6.07) is 6.92. The molecule has 30 heavy (non-hydrogen) atoms. The number of rotatable bonds is 6. The van der Waals surface area contributed by atoms with E-state index in [2.05, 4.69) is 14.8 Å². The number of sulfonamides is 1. The molecule has 0 aliphatic carbocycles. The number of carbonyl (C=O) groups excluding carboxylic acids is 1. The highest BCUT2D eigenvalue weighted by molar-refractivity contribution is 7.89. The van der Waals surface area contributed by atoms with Crippen LogP contribution < -0.4 is 14.4 Å². The Kier molecular flexibility index (Phi) is 6.67. The van der Waals surface area contributed by atoms with Crippen molar-refractivity contribution >= 4 is 21.6 Å². The van der Waals surface area contributed by atoms with Gasteiger partial charge < -0.3 is 19.1 Å². The van der Waals surface area contributed by atoms with Crippen LogP contribution in [0.25, 0.3) is 0 Å². The number of nitrogens with one attached hydrogen (secondary N) is 1. The van der Waals surface area contributed by atoms with Crippen LogP contribution in [0.15, 0.2) is 33.7 Å². The first-order chi connectivity index (χ1) is 14.2. The van der Waals surface area contributed by atoms with E-state index in [1.54, 1.807) is 25.9 Å². The Bertz CT molecular complexity index is 968. The molecule has 164 valence electrons. The average Bonchev–Trinajstić information content (AvgIpc) is 2.92. The van der Waals surface area contributed by atoms with Crippen molar-refractivity contribution in [1.29, 1.82) is 0 Å². The molecule has 1 aliphatic rings. The quantitative estimate of drug-likeness (QED) is 0.735. The van der Waals surface area contributed by atoms with Gasteiger partial charge >= 0.3 is 0 Å². The molecule has 1 fully saturated rings. The Morgan fingerprint density at radius 2 is 1.87 bits per heavy atom. The zero-order valence-electron chi connectivity index (χ0n) is 17.7. The highest BCUT2D eigenvalue weighted by atomic mass is 32.2. The van der Waals surface area contributed by atoms with E-state index in [1.165, 1.54) is 6.92 Å². The van der Waals surface area contributed by atoms with Gasteiger partial charge in [0.15, 0.2) is 5.76 Å². The normalized spacial score (nSPS) is 16.3. The Balaban J connectivity index is 1.63. The molecular formula is C20H28N4O5S. The zero-order chi connectivity index (χ0) is 21.9. The first-order valence-electron chi connectivity index (χ1n) is 9.86. The number of nitrogens with zero attached hydrogens (tertiary/aromatic N) is 3. The first-order valence-corrected chi connectivity index (χ1v) is 11.3. The van der Waals surface area contributed by atoms with Crippen molar-refractivity contribution in [2.45, 2.75) is 38.1 Å². The van der Waals surface area contributed by atoms with Crippen LogP contribution in [-0.4, -0.2) is 63.7 Å². The SMILES string of the molecule is COc1ccc(N2CCCN(C(=O)[C@H](C)NS(=O)(=O)c3c(C)noc3C)CC2)cc1. The number of benzene rings is 1. The minimum absolute atomic E-state index is 0.0105. The van der Waals surface area contributed by atoms with E-state index < -0.39 is 16.1 Å². The van der Waals surface area contributed by atoms with Crippen LogP contribution in [-0.2, 0) is 14.8 Å². The van der Waals surface area contributed by atoms with Gasteiger partial charge in [0, 0.05) is 31.9 Å². The maximum Gasteiger partial charge on any atom is 0.246 e. The number of anilines is 1. The van der Waals surface area contributed by atoms with Crippen molar-refractivity contribution in [3.05, 3.63) is 35.7 Å². The van der Waals surface area contributed by atoms with Crippen LogP contribution in [0.4, 0.5) is 5.69 Å². The number of aryl methyl sites for hydroxylation is 2. The molecule has 2 heterocycles. The van der Waals surface area contributed by atoms with Gasteiger partial charge in [0.1, 0.15) is 16.3 Å². The van der Waals surface area contributed by atoms with Crippen molar-refractivity contribution < 1.29 is 22.5 Å². The van der Waals surface area contributed by atoms with Gasteiger partial charge in [-0.1, -0.05) is 5.16 Å². The van der Waals surface area contributed by atoms with Crippen LogP contribution in [0.2, 0.25) is 0 Å². The van der Waals surface area contributed by atoms with E-state index in [1.807, 2.05) is 24.3 Å². The van der Waals surface area contributed by atoms with Gasteiger partial charge in [0.25, 0.3) is 0 Å². The molecule has 1 saturated heterocycles. The van der Waals surface area contributed by atoms with Gasteiger partial charge in [0.2, 0.25) is 15.9 Å². The smallest absolute Gasteiger partial charge is 0.246 e. The Morgan fingerprint density at radius 3 is 2.47 bits per heavy atom. The molecule has 1 N–H and O–H groups in total. The Labute approximate surface area is 177 Å². The van der Waals surface area contributed by atoms with E-state index in [0.717, 1.165) is 24.4 Å². The van der Waals surface area contributed by atoms with Crippen molar-refractivity contribution in [3.63, 3.8) is 0 Å². The molecule has 0 spiro atoms. The topological polar surface area (TPSA) is 105 Å². The zero-order valence-corrected chi connectivity index (χ0v) is 18.5. The van der Waals surface area contributed by atoms with E-state index in [-0.39, 0.29) is 22.3 Å². The number of methoxy groups -OCH3 is 1. The van der Waals surface area contributed by atoms with E-state index in [4.69, 9.17) is 9.26 Å². The molecule has 10 heteroatoms. The number of hydrogen-bond acceptors (Lipinski definition) is 7. The van der Waals surface area contributed by atoms with Crippen LogP contribution >= 0.6 is 0 Å². The monoisotopic (exact) mass is 436 g/mol. The third-order valence-corrected chi connectivity index (χ3v) is 6.97. The summed E-state index contributed by atoms with van der Waals surface area (Å²) in [5.74, 6) is 0.747. The molecule has 0 unspecified atom stereocenters. The molecule has 9 nitrogen and oxygen atoms in total. The number of aromatic nitrogens is 1. The third-order valence-electron chi connectivity index (χ3n) is 5.18. The lowest BCUT2D eigenvalue weighted by Gasteiger charge is -2.26. The van der Waals surface area contributed by atoms with E-state index in [9.17, 15) is 13.2 Å². The Hall–Kier alpha value is -2.59. The molecule has 2 aromatic rings. The first kappa shape index (κ1) is 22.1.